The number of halogens is 3. The average molecular weight is 453 g/mol. The zero-order chi connectivity index (χ0) is 18.5. The molecular formula is C18H20Cl3NO4S. The van der Waals surface area contributed by atoms with Crippen molar-refractivity contribution in [2.24, 2.45) is 0 Å². The second kappa shape index (κ2) is 10.5. The quantitative estimate of drug-likeness (QED) is 0.598. The van der Waals surface area contributed by atoms with Crippen molar-refractivity contribution in [1.82, 2.24) is 4.90 Å². The van der Waals surface area contributed by atoms with Crippen molar-refractivity contribution in [3.63, 3.8) is 0 Å². The van der Waals surface area contributed by atoms with Crippen LogP contribution in [0.15, 0.2) is 24.3 Å². The van der Waals surface area contributed by atoms with Gasteiger partial charge in [0.2, 0.25) is 0 Å². The third-order valence-electron chi connectivity index (χ3n) is 4.08. The molecule has 3 rings (SSSR count). The highest BCUT2D eigenvalue weighted by Gasteiger charge is 2.15. The molecule has 0 spiro atoms. The van der Waals surface area contributed by atoms with Crippen LogP contribution in [0.4, 0.5) is 0 Å². The molecule has 9 heteroatoms. The number of rotatable bonds is 6. The van der Waals surface area contributed by atoms with Crippen LogP contribution in [0.25, 0.3) is 11.1 Å². The first-order valence-electron chi connectivity index (χ1n) is 8.18. The van der Waals surface area contributed by atoms with Gasteiger partial charge in [-0.2, -0.15) is 0 Å². The monoisotopic (exact) mass is 451 g/mol. The number of hydrogen-bond acceptors (Lipinski definition) is 6. The van der Waals surface area contributed by atoms with Crippen molar-refractivity contribution in [2.75, 3.05) is 46.6 Å². The Bertz CT molecular complexity index is 778. The maximum Gasteiger partial charge on any atom is 0.338 e. The molecule has 2 aromatic rings. The van der Waals surface area contributed by atoms with Gasteiger partial charge in [-0.15, -0.1) is 23.7 Å². The van der Waals surface area contributed by atoms with Gasteiger partial charge in [-0.1, -0.05) is 23.2 Å². The topological polar surface area (TPSA) is 48.0 Å². The van der Waals surface area contributed by atoms with Gasteiger partial charge >= 0.3 is 5.97 Å². The summed E-state index contributed by atoms with van der Waals surface area (Å²) < 4.78 is 17.2. The lowest BCUT2D eigenvalue weighted by atomic mass is 10.1. The first kappa shape index (κ1) is 22.3. The Morgan fingerprint density at radius 2 is 1.96 bits per heavy atom. The molecule has 1 aliphatic heterocycles. The molecule has 2 heterocycles. The molecule has 1 saturated heterocycles. The zero-order valence-corrected chi connectivity index (χ0v) is 17.8. The van der Waals surface area contributed by atoms with Crippen molar-refractivity contribution >= 4 is 52.9 Å². The largest absolute Gasteiger partial charge is 0.492 e. The Morgan fingerprint density at radius 1 is 1.22 bits per heavy atom. The fourth-order valence-corrected chi connectivity index (χ4v) is 4.23. The highest BCUT2D eigenvalue weighted by molar-refractivity contribution is 7.20. The van der Waals surface area contributed by atoms with Gasteiger partial charge in [-0.05, 0) is 29.8 Å². The number of thiophene rings is 1. The summed E-state index contributed by atoms with van der Waals surface area (Å²) in [6.07, 6.45) is 0. The van der Waals surface area contributed by atoms with Crippen LogP contribution in [0.3, 0.4) is 0 Å². The van der Waals surface area contributed by atoms with E-state index in [1.165, 1.54) is 18.4 Å². The van der Waals surface area contributed by atoms with E-state index in [-0.39, 0.29) is 12.4 Å². The first-order chi connectivity index (χ1) is 12.6. The number of benzene rings is 1. The number of nitrogens with zero attached hydrogens (tertiary/aromatic N) is 1. The SMILES string of the molecule is COC(=O)c1cc(OCCN2CCOCC2)cc(-c2cc(Cl)sc2Cl)c1.Cl. The van der Waals surface area contributed by atoms with Crippen LogP contribution in [0.2, 0.25) is 8.67 Å². The molecule has 1 aliphatic rings. The summed E-state index contributed by atoms with van der Waals surface area (Å²) in [5, 5.41) is 0. The Morgan fingerprint density at radius 3 is 2.59 bits per heavy atom. The fourth-order valence-electron chi connectivity index (χ4n) is 2.73. The highest BCUT2D eigenvalue weighted by Crippen LogP contribution is 2.39. The molecule has 0 aliphatic carbocycles. The third-order valence-corrected chi connectivity index (χ3v) is 5.56. The molecule has 0 unspecified atom stereocenters. The first-order valence-corrected chi connectivity index (χ1v) is 9.75. The third kappa shape index (κ3) is 5.98. The molecule has 0 N–H and O–H groups in total. The molecule has 0 amide bonds. The van der Waals surface area contributed by atoms with E-state index in [1.807, 2.05) is 6.07 Å². The lowest BCUT2D eigenvalue weighted by molar-refractivity contribution is 0.0322. The minimum absolute atomic E-state index is 0. The Hall–Kier alpha value is -1.02. The number of carbonyl (C=O) groups is 1. The molecule has 0 bridgehead atoms. The summed E-state index contributed by atoms with van der Waals surface area (Å²) in [4.78, 5) is 14.3. The van der Waals surface area contributed by atoms with Crippen LogP contribution in [-0.4, -0.2) is 57.4 Å². The van der Waals surface area contributed by atoms with Crippen molar-refractivity contribution in [2.45, 2.75) is 0 Å². The number of morpholine rings is 1. The van der Waals surface area contributed by atoms with Gasteiger partial charge in [0.25, 0.3) is 0 Å². The second-order valence-corrected chi connectivity index (χ2v) is 8.06. The maximum atomic E-state index is 12.0. The fraction of sp³-hybridized carbons (Fsp3) is 0.389. The smallest absolute Gasteiger partial charge is 0.338 e. The van der Waals surface area contributed by atoms with Crippen LogP contribution in [0.5, 0.6) is 5.75 Å². The molecule has 5 nitrogen and oxygen atoms in total. The van der Waals surface area contributed by atoms with E-state index in [1.54, 1.807) is 18.2 Å². The standard InChI is InChI=1S/C18H19Cl2NO4S.ClH/c1-23-18(22)13-8-12(15-11-16(19)26-17(15)20)9-14(10-13)25-7-4-21-2-5-24-6-3-21;/h8-11H,2-7H2,1H3;1H. The van der Waals surface area contributed by atoms with Crippen molar-refractivity contribution in [3.05, 3.63) is 38.5 Å². The Labute approximate surface area is 178 Å². The van der Waals surface area contributed by atoms with Crippen molar-refractivity contribution in [1.29, 1.82) is 0 Å². The van der Waals surface area contributed by atoms with Crippen molar-refractivity contribution < 1.29 is 19.0 Å². The van der Waals surface area contributed by atoms with E-state index < -0.39 is 5.97 Å². The van der Waals surface area contributed by atoms with Gasteiger partial charge in [0.15, 0.2) is 0 Å². The lowest BCUT2D eigenvalue weighted by Crippen LogP contribution is -2.38. The molecule has 27 heavy (non-hydrogen) atoms. The van der Waals surface area contributed by atoms with Gasteiger partial charge in [-0.25, -0.2) is 4.79 Å². The minimum atomic E-state index is -0.428. The number of hydrogen-bond donors (Lipinski definition) is 0. The molecule has 148 valence electrons. The Balaban J connectivity index is 0.00000261. The highest BCUT2D eigenvalue weighted by atomic mass is 35.5. The van der Waals surface area contributed by atoms with E-state index >= 15 is 0 Å². The van der Waals surface area contributed by atoms with E-state index in [2.05, 4.69) is 4.90 Å². The number of ether oxygens (including phenoxy) is 3. The predicted octanol–water partition coefficient (Wildman–Crippen LogP) is 4.64. The van der Waals surface area contributed by atoms with Crippen LogP contribution in [0.1, 0.15) is 10.4 Å². The van der Waals surface area contributed by atoms with Crippen LogP contribution >= 0.6 is 46.9 Å². The molecule has 1 aromatic heterocycles. The molecule has 0 saturated carbocycles. The van der Waals surface area contributed by atoms with Crippen LogP contribution in [0, 0.1) is 0 Å². The molecular weight excluding hydrogens is 433 g/mol. The van der Waals surface area contributed by atoms with Crippen LogP contribution in [-0.2, 0) is 9.47 Å². The summed E-state index contributed by atoms with van der Waals surface area (Å²) in [5.41, 5.74) is 1.94. The van der Waals surface area contributed by atoms with E-state index in [4.69, 9.17) is 37.4 Å². The summed E-state index contributed by atoms with van der Waals surface area (Å²) in [6.45, 7) is 4.62. The van der Waals surface area contributed by atoms with Gasteiger partial charge in [0.05, 0.1) is 30.2 Å². The van der Waals surface area contributed by atoms with Gasteiger partial charge in [0, 0.05) is 25.2 Å². The molecule has 0 atom stereocenters. The molecule has 1 fully saturated rings. The van der Waals surface area contributed by atoms with Crippen LogP contribution < -0.4 is 4.74 Å². The molecule has 1 aromatic carbocycles. The van der Waals surface area contributed by atoms with E-state index in [0.29, 0.717) is 26.6 Å². The normalized spacial score (nSPS) is 14.5. The number of methoxy groups -OCH3 is 1. The lowest BCUT2D eigenvalue weighted by Gasteiger charge is -2.26. The minimum Gasteiger partial charge on any atom is -0.492 e. The van der Waals surface area contributed by atoms with Crippen molar-refractivity contribution in [3.8, 4) is 16.9 Å². The summed E-state index contributed by atoms with van der Waals surface area (Å²) >= 11 is 13.6. The summed E-state index contributed by atoms with van der Waals surface area (Å²) in [5.74, 6) is 0.164. The second-order valence-electron chi connectivity index (χ2n) is 5.78. The van der Waals surface area contributed by atoms with E-state index in [9.17, 15) is 4.79 Å². The maximum absolute atomic E-state index is 12.0. The zero-order valence-electron chi connectivity index (χ0n) is 14.7. The van der Waals surface area contributed by atoms with Gasteiger partial charge < -0.3 is 14.2 Å². The summed E-state index contributed by atoms with van der Waals surface area (Å²) in [6, 6.07) is 7.04. The Kier molecular flexibility index (Phi) is 8.66. The van der Waals surface area contributed by atoms with Gasteiger partial charge in [0.1, 0.15) is 16.7 Å². The number of carbonyl (C=O) groups excluding carboxylic acids is 1. The summed E-state index contributed by atoms with van der Waals surface area (Å²) in [7, 11) is 1.35. The average Bonchev–Trinajstić information content (AvgIpc) is 3.00. The number of esters is 1. The van der Waals surface area contributed by atoms with Gasteiger partial charge in [-0.3, -0.25) is 4.90 Å². The molecule has 0 radical (unpaired) electrons. The predicted molar refractivity (Wildman–Crippen MR) is 111 cm³/mol. The van der Waals surface area contributed by atoms with E-state index in [0.717, 1.165) is 44.0 Å².